The Hall–Kier alpha value is -3.75. The first kappa shape index (κ1) is 19.6. The summed E-state index contributed by atoms with van der Waals surface area (Å²) in [5, 5.41) is 8.24. The predicted molar refractivity (Wildman–Crippen MR) is 107 cm³/mol. The van der Waals surface area contributed by atoms with Gasteiger partial charge in [-0.05, 0) is 19.4 Å². The Bertz CT molecular complexity index is 1220. The normalized spacial score (nSPS) is 13.0. The van der Waals surface area contributed by atoms with Crippen LogP contribution in [0.25, 0.3) is 28.3 Å². The van der Waals surface area contributed by atoms with Crippen LogP contribution in [0.3, 0.4) is 0 Å². The van der Waals surface area contributed by atoms with Crippen LogP contribution in [0.1, 0.15) is 31.1 Å². The van der Waals surface area contributed by atoms with Crippen LogP contribution in [0.4, 0.5) is 8.78 Å². The molecule has 3 heterocycles. The Kier molecular flexibility index (Phi) is 5.18. The number of aromatic nitrogens is 6. The molecule has 2 aliphatic rings. The molecule has 2 aromatic rings. The van der Waals surface area contributed by atoms with Crippen molar-refractivity contribution in [2.75, 3.05) is 0 Å². The first-order valence-corrected chi connectivity index (χ1v) is 9.23. The average molecular weight is 408 g/mol. The monoisotopic (exact) mass is 408 g/mol. The van der Waals surface area contributed by atoms with Crippen LogP contribution in [-0.2, 0) is 6.54 Å². The van der Waals surface area contributed by atoms with Crippen LogP contribution < -0.4 is 0 Å². The lowest BCUT2D eigenvalue weighted by Crippen LogP contribution is -2.05. The van der Waals surface area contributed by atoms with Crippen LogP contribution in [0.2, 0.25) is 0 Å². The number of hydrogen-bond acceptors (Lipinski definition) is 6. The molecular weight excluding hydrogens is 390 g/mol. The highest BCUT2D eigenvalue weighted by atomic mass is 19.2. The molecule has 9 heteroatoms. The van der Waals surface area contributed by atoms with E-state index in [1.165, 1.54) is 6.08 Å². The third kappa shape index (κ3) is 3.86. The quantitative estimate of drug-likeness (QED) is 0.443. The molecule has 1 aromatic heterocycles. The van der Waals surface area contributed by atoms with Crippen molar-refractivity contribution in [2.24, 2.45) is 0 Å². The van der Waals surface area contributed by atoms with Crippen molar-refractivity contribution < 1.29 is 13.3 Å². The minimum Gasteiger partial charge on any atom is -0.339 e. The molecule has 0 saturated heterocycles. The summed E-state index contributed by atoms with van der Waals surface area (Å²) < 4.78 is 34.1. The molecule has 0 bridgehead atoms. The number of allylic oxidation sites excluding steroid dienone is 4. The lowest BCUT2D eigenvalue weighted by molar-refractivity contribution is 0.394. The molecule has 0 atom stereocenters. The molecule has 0 fully saturated rings. The van der Waals surface area contributed by atoms with Crippen LogP contribution in [0.5, 0.6) is 0 Å². The van der Waals surface area contributed by atoms with Gasteiger partial charge in [0.05, 0.1) is 24.5 Å². The fraction of sp³-hybridized carbons (Fsp3) is 0.190. The Morgan fingerprint density at radius 2 is 1.83 bits per heavy atom. The summed E-state index contributed by atoms with van der Waals surface area (Å²) in [5.41, 5.74) is 2.93. The largest absolute Gasteiger partial charge is 0.339 e. The standard InChI is InChI=1S/C21H18F2N6O/c1-4-16(19(23)12(2)22)21-26-17-9-24-29(11-18(17)27-21)10-14-5-7-15(8-6-14)20-25-13(3)30-28-20/h4-9,11H,10H2,1-3H3/b16-4-,19-12+. The smallest absolute Gasteiger partial charge is 0.223 e. The van der Waals surface area contributed by atoms with E-state index in [2.05, 4.69) is 25.2 Å². The van der Waals surface area contributed by atoms with E-state index >= 15 is 0 Å². The van der Waals surface area contributed by atoms with Crippen LogP contribution in [0.15, 0.2) is 58.9 Å². The van der Waals surface area contributed by atoms with E-state index in [-0.39, 0.29) is 11.4 Å². The minimum absolute atomic E-state index is 0.0186. The molecule has 0 amide bonds. The first-order chi connectivity index (χ1) is 14.4. The second kappa shape index (κ2) is 7.94. The SMILES string of the molecule is C/C=C(/C(F)=C(/C)F)c1nc2cnn(Cc3ccc(-c4noc(C)n4)cc3)cc-2n1. The van der Waals surface area contributed by atoms with Crippen molar-refractivity contribution >= 4 is 5.57 Å². The van der Waals surface area contributed by atoms with Crippen LogP contribution in [-0.4, -0.2) is 29.9 Å². The Balaban J connectivity index is 1.57. The summed E-state index contributed by atoms with van der Waals surface area (Å²) in [6, 6.07) is 7.71. The van der Waals surface area contributed by atoms with Gasteiger partial charge in [0.1, 0.15) is 17.2 Å². The fourth-order valence-electron chi connectivity index (χ4n) is 2.97. The summed E-state index contributed by atoms with van der Waals surface area (Å²) in [7, 11) is 0. The number of aryl methyl sites for hydroxylation is 1. The molecule has 2 aliphatic heterocycles. The molecule has 0 unspecified atom stereocenters. The molecule has 0 spiro atoms. The van der Waals surface area contributed by atoms with Crippen LogP contribution in [0, 0.1) is 6.92 Å². The van der Waals surface area contributed by atoms with Crippen molar-refractivity contribution in [1.29, 1.82) is 0 Å². The second-order valence-electron chi connectivity index (χ2n) is 6.67. The third-order valence-corrected chi connectivity index (χ3v) is 4.47. The predicted octanol–water partition coefficient (Wildman–Crippen LogP) is 4.76. The van der Waals surface area contributed by atoms with Gasteiger partial charge < -0.3 is 4.52 Å². The number of hydrogen-bond donors (Lipinski definition) is 0. The molecule has 152 valence electrons. The highest BCUT2D eigenvalue weighted by Gasteiger charge is 2.19. The Labute approximate surface area is 171 Å². The fourth-order valence-corrected chi connectivity index (χ4v) is 2.97. The van der Waals surface area contributed by atoms with Gasteiger partial charge in [0.25, 0.3) is 0 Å². The van der Waals surface area contributed by atoms with Gasteiger partial charge in [-0.25, -0.2) is 18.7 Å². The second-order valence-corrected chi connectivity index (χ2v) is 6.67. The number of fused-ring (bicyclic) bond motifs is 1. The zero-order valence-electron chi connectivity index (χ0n) is 16.6. The number of imidazole rings is 1. The van der Waals surface area contributed by atoms with Crippen LogP contribution >= 0.6 is 0 Å². The van der Waals surface area contributed by atoms with Crippen molar-refractivity contribution in [1.82, 2.24) is 29.9 Å². The van der Waals surface area contributed by atoms with E-state index in [1.807, 2.05) is 24.3 Å². The summed E-state index contributed by atoms with van der Waals surface area (Å²) in [6.07, 6.45) is 4.72. The lowest BCUT2D eigenvalue weighted by Gasteiger charge is -2.07. The van der Waals surface area contributed by atoms with Gasteiger partial charge >= 0.3 is 0 Å². The van der Waals surface area contributed by atoms with E-state index in [1.54, 1.807) is 30.9 Å². The zero-order chi connectivity index (χ0) is 21.3. The minimum atomic E-state index is -0.967. The Morgan fingerprint density at radius 3 is 2.47 bits per heavy atom. The van der Waals surface area contributed by atoms with E-state index < -0.39 is 11.7 Å². The summed E-state index contributed by atoms with van der Waals surface area (Å²) >= 11 is 0. The molecule has 7 nitrogen and oxygen atoms in total. The third-order valence-electron chi connectivity index (χ3n) is 4.47. The summed E-state index contributed by atoms with van der Waals surface area (Å²) in [6.45, 7) is 4.90. The molecule has 0 aliphatic carbocycles. The number of rotatable bonds is 5. The van der Waals surface area contributed by atoms with E-state index in [4.69, 9.17) is 4.52 Å². The summed E-state index contributed by atoms with van der Waals surface area (Å²) in [5.74, 6) is -0.706. The van der Waals surface area contributed by atoms with Gasteiger partial charge in [0.2, 0.25) is 11.7 Å². The molecule has 0 radical (unpaired) electrons. The van der Waals surface area contributed by atoms with Gasteiger partial charge in [-0.3, -0.25) is 4.68 Å². The van der Waals surface area contributed by atoms with Crippen molar-refractivity contribution in [3.8, 4) is 22.8 Å². The number of nitrogens with zero attached hydrogens (tertiary/aromatic N) is 6. The molecule has 0 saturated carbocycles. The van der Waals surface area contributed by atoms with Gasteiger partial charge in [0, 0.05) is 12.5 Å². The Morgan fingerprint density at radius 1 is 1.10 bits per heavy atom. The summed E-state index contributed by atoms with van der Waals surface area (Å²) in [4.78, 5) is 12.8. The van der Waals surface area contributed by atoms with Crippen molar-refractivity contribution in [2.45, 2.75) is 27.3 Å². The highest BCUT2D eigenvalue weighted by molar-refractivity contribution is 5.75. The molecule has 1 aromatic carbocycles. The van der Waals surface area contributed by atoms with E-state index in [9.17, 15) is 8.78 Å². The van der Waals surface area contributed by atoms with E-state index in [0.29, 0.717) is 29.6 Å². The molecular formula is C21H18F2N6O. The van der Waals surface area contributed by atoms with Gasteiger partial charge in [-0.1, -0.05) is 35.5 Å². The molecule has 30 heavy (non-hydrogen) atoms. The zero-order valence-corrected chi connectivity index (χ0v) is 16.6. The topological polar surface area (TPSA) is 82.5 Å². The van der Waals surface area contributed by atoms with Gasteiger partial charge in [0.15, 0.2) is 11.7 Å². The maximum absolute atomic E-state index is 14.0. The average Bonchev–Trinajstić information content (AvgIpc) is 3.35. The molecule has 0 N–H and O–H groups in total. The molecule has 4 rings (SSSR count). The van der Waals surface area contributed by atoms with Crippen molar-refractivity contribution in [3.05, 3.63) is 71.7 Å². The lowest BCUT2D eigenvalue weighted by atomic mass is 10.1. The maximum atomic E-state index is 14.0. The van der Waals surface area contributed by atoms with E-state index in [0.717, 1.165) is 18.1 Å². The highest BCUT2D eigenvalue weighted by Crippen LogP contribution is 2.28. The van der Waals surface area contributed by atoms with Crippen molar-refractivity contribution in [3.63, 3.8) is 0 Å². The number of benzene rings is 1. The van der Waals surface area contributed by atoms with Gasteiger partial charge in [-0.2, -0.15) is 10.1 Å². The maximum Gasteiger partial charge on any atom is 0.223 e. The first-order valence-electron chi connectivity index (χ1n) is 9.23. The van der Waals surface area contributed by atoms with Gasteiger partial charge in [-0.15, -0.1) is 0 Å². The number of halogens is 2.